The molecule has 96 valence electrons. The van der Waals surface area contributed by atoms with Crippen molar-refractivity contribution in [3.8, 4) is 0 Å². The summed E-state index contributed by atoms with van der Waals surface area (Å²) in [6, 6.07) is 6.27. The monoisotopic (exact) mass is 251 g/mol. The zero-order valence-corrected chi connectivity index (χ0v) is 9.75. The highest BCUT2D eigenvalue weighted by Gasteiger charge is 2.08. The highest BCUT2D eigenvalue weighted by molar-refractivity contribution is 5.67. The van der Waals surface area contributed by atoms with Crippen molar-refractivity contribution in [2.24, 2.45) is 0 Å². The lowest BCUT2D eigenvalue weighted by atomic mass is 10.2. The molecule has 18 heavy (non-hydrogen) atoms. The Morgan fingerprint density at radius 3 is 2.89 bits per heavy atom. The van der Waals surface area contributed by atoms with Crippen LogP contribution in [0.15, 0.2) is 30.5 Å². The van der Waals surface area contributed by atoms with Crippen molar-refractivity contribution in [2.75, 3.05) is 6.61 Å². The van der Waals surface area contributed by atoms with Gasteiger partial charge in [0.15, 0.2) is 0 Å². The first kappa shape index (κ1) is 13.5. The summed E-state index contributed by atoms with van der Waals surface area (Å²) in [5.41, 5.74) is 5.12. The Morgan fingerprint density at radius 2 is 2.22 bits per heavy atom. The van der Waals surface area contributed by atoms with Gasteiger partial charge in [-0.2, -0.15) is 0 Å². The van der Waals surface area contributed by atoms with Crippen molar-refractivity contribution in [1.29, 1.82) is 0 Å². The Bertz CT molecular complexity index is 459. The normalized spacial score (nSPS) is 10.1. The van der Waals surface area contributed by atoms with E-state index in [1.165, 1.54) is 18.3 Å². The molecule has 0 aliphatic heterocycles. The third-order valence-electron chi connectivity index (χ3n) is 1.93. The van der Waals surface area contributed by atoms with Gasteiger partial charge in [0.25, 0.3) is 5.69 Å². The molecule has 7 nitrogen and oxygen atoms in total. The minimum Gasteiger partial charge on any atom is -0.449 e. The average molecular weight is 251 g/mol. The first-order chi connectivity index (χ1) is 8.65. The van der Waals surface area contributed by atoms with E-state index >= 15 is 0 Å². The molecule has 0 aliphatic carbocycles. The third kappa shape index (κ3) is 4.12. The molecule has 1 rings (SSSR count). The van der Waals surface area contributed by atoms with Crippen LogP contribution in [0.1, 0.15) is 12.5 Å². The molecule has 0 saturated heterocycles. The Labute approximate surface area is 104 Å². The zero-order chi connectivity index (χ0) is 13.4. The first-order valence-electron chi connectivity index (χ1n) is 5.23. The lowest BCUT2D eigenvalue weighted by molar-refractivity contribution is -0.385. The molecule has 0 spiro atoms. The van der Waals surface area contributed by atoms with Gasteiger partial charge >= 0.3 is 6.09 Å². The number of carbonyl (C=O) groups is 1. The van der Waals surface area contributed by atoms with Gasteiger partial charge in [-0.05, 0) is 19.1 Å². The highest BCUT2D eigenvalue weighted by Crippen LogP contribution is 2.18. The predicted molar refractivity (Wildman–Crippen MR) is 65.4 cm³/mol. The topological polar surface area (TPSA) is 93.5 Å². The number of nitrogens with one attached hydrogen (secondary N) is 2. The second kappa shape index (κ2) is 6.89. The van der Waals surface area contributed by atoms with E-state index in [4.69, 9.17) is 0 Å². The number of nitrogens with zero attached hydrogens (tertiary/aromatic N) is 1. The molecular weight excluding hydrogens is 238 g/mol. The van der Waals surface area contributed by atoms with Crippen LogP contribution in [0.5, 0.6) is 0 Å². The van der Waals surface area contributed by atoms with Crippen LogP contribution in [0.25, 0.3) is 6.08 Å². The van der Waals surface area contributed by atoms with Crippen LogP contribution < -0.4 is 10.9 Å². The van der Waals surface area contributed by atoms with Gasteiger partial charge in [-0.3, -0.25) is 10.1 Å². The second-order valence-corrected chi connectivity index (χ2v) is 3.14. The number of hydrogen-bond acceptors (Lipinski definition) is 5. The molecule has 0 radical (unpaired) electrons. The van der Waals surface area contributed by atoms with Gasteiger partial charge in [-0.1, -0.05) is 12.1 Å². The van der Waals surface area contributed by atoms with E-state index in [9.17, 15) is 14.9 Å². The summed E-state index contributed by atoms with van der Waals surface area (Å²) in [6.07, 6.45) is 2.23. The van der Waals surface area contributed by atoms with Crippen molar-refractivity contribution in [3.05, 3.63) is 46.1 Å². The van der Waals surface area contributed by atoms with Crippen LogP contribution in [0.2, 0.25) is 0 Å². The number of carbonyl (C=O) groups excluding carboxylic acids is 1. The summed E-state index contributed by atoms with van der Waals surface area (Å²) in [4.78, 5) is 21.1. The van der Waals surface area contributed by atoms with Gasteiger partial charge in [0.05, 0.1) is 17.1 Å². The maximum atomic E-state index is 10.9. The smallest absolute Gasteiger partial charge is 0.425 e. The van der Waals surface area contributed by atoms with E-state index in [-0.39, 0.29) is 12.3 Å². The van der Waals surface area contributed by atoms with Gasteiger partial charge in [-0.15, -0.1) is 0 Å². The summed E-state index contributed by atoms with van der Waals surface area (Å²) >= 11 is 0. The van der Waals surface area contributed by atoms with E-state index < -0.39 is 11.0 Å². The summed E-state index contributed by atoms with van der Waals surface area (Å²) in [5.74, 6) is 0. The number of amides is 1. The van der Waals surface area contributed by atoms with Crippen LogP contribution in [-0.2, 0) is 4.74 Å². The minimum atomic E-state index is -0.621. The highest BCUT2D eigenvalue weighted by atomic mass is 16.6. The van der Waals surface area contributed by atoms with Gasteiger partial charge < -0.3 is 10.2 Å². The van der Waals surface area contributed by atoms with Crippen LogP contribution in [0.4, 0.5) is 10.5 Å². The maximum absolute atomic E-state index is 10.9. The largest absolute Gasteiger partial charge is 0.449 e. The summed E-state index contributed by atoms with van der Waals surface area (Å²) in [6.45, 7) is 1.95. The Balaban J connectivity index is 2.57. The second-order valence-electron chi connectivity index (χ2n) is 3.14. The predicted octanol–water partition coefficient (Wildman–Crippen LogP) is 1.82. The van der Waals surface area contributed by atoms with Crippen molar-refractivity contribution in [3.63, 3.8) is 0 Å². The molecule has 0 atom stereocenters. The number of rotatable bonds is 5. The van der Waals surface area contributed by atoms with E-state index in [0.717, 1.165) is 0 Å². The fourth-order valence-electron chi connectivity index (χ4n) is 1.19. The molecular formula is C11H13N3O4. The number of para-hydroxylation sites is 1. The Kier molecular flexibility index (Phi) is 5.17. The van der Waals surface area contributed by atoms with E-state index in [1.807, 2.05) is 0 Å². The van der Waals surface area contributed by atoms with Gasteiger partial charge in [0.1, 0.15) is 0 Å². The summed E-state index contributed by atoms with van der Waals surface area (Å²) in [5, 5.41) is 10.7. The fourth-order valence-corrected chi connectivity index (χ4v) is 1.19. The molecule has 0 saturated carbocycles. The lowest BCUT2D eigenvalue weighted by Crippen LogP contribution is -2.33. The van der Waals surface area contributed by atoms with E-state index in [1.54, 1.807) is 25.1 Å². The SMILES string of the molecule is CCOC(=O)NN/C=C/c1ccccc1[N+](=O)[O-]. The van der Waals surface area contributed by atoms with Crippen molar-refractivity contribution in [1.82, 2.24) is 10.9 Å². The van der Waals surface area contributed by atoms with Crippen molar-refractivity contribution in [2.45, 2.75) is 6.92 Å². The maximum Gasteiger partial charge on any atom is 0.425 e. The number of hydrogen-bond donors (Lipinski definition) is 2. The van der Waals surface area contributed by atoms with Gasteiger partial charge in [0, 0.05) is 12.3 Å². The molecule has 1 aromatic carbocycles. The van der Waals surface area contributed by atoms with Crippen LogP contribution in [-0.4, -0.2) is 17.6 Å². The molecule has 0 aromatic heterocycles. The number of nitro benzene ring substituents is 1. The molecule has 0 aliphatic rings. The molecule has 2 N–H and O–H groups in total. The van der Waals surface area contributed by atoms with E-state index in [0.29, 0.717) is 5.56 Å². The van der Waals surface area contributed by atoms with Crippen molar-refractivity contribution >= 4 is 17.9 Å². The van der Waals surface area contributed by atoms with Crippen LogP contribution in [0, 0.1) is 10.1 Å². The Morgan fingerprint density at radius 1 is 1.50 bits per heavy atom. The minimum absolute atomic E-state index is 0.00770. The molecule has 0 heterocycles. The fraction of sp³-hybridized carbons (Fsp3) is 0.182. The molecule has 0 unspecified atom stereocenters. The summed E-state index contributed by atoms with van der Waals surface area (Å²) in [7, 11) is 0. The molecule has 1 aromatic rings. The zero-order valence-electron chi connectivity index (χ0n) is 9.75. The standard InChI is InChI=1S/C11H13N3O4/c1-2-18-11(15)13-12-8-7-9-5-3-4-6-10(9)14(16)17/h3-8,12H,2H2,1H3,(H,13,15)/b8-7+. The Hall–Kier alpha value is -2.57. The number of benzene rings is 1. The van der Waals surface area contributed by atoms with E-state index in [2.05, 4.69) is 15.6 Å². The molecule has 7 heteroatoms. The number of nitro groups is 1. The number of hydrazine groups is 1. The number of ether oxygens (including phenoxy) is 1. The molecule has 0 fully saturated rings. The quantitative estimate of drug-likeness (QED) is 0.615. The average Bonchev–Trinajstić information content (AvgIpc) is 2.35. The third-order valence-corrected chi connectivity index (χ3v) is 1.93. The van der Waals surface area contributed by atoms with Crippen molar-refractivity contribution < 1.29 is 14.5 Å². The molecule has 1 amide bonds. The van der Waals surface area contributed by atoms with Gasteiger partial charge in [0.2, 0.25) is 0 Å². The van der Waals surface area contributed by atoms with Crippen LogP contribution >= 0.6 is 0 Å². The van der Waals surface area contributed by atoms with Gasteiger partial charge in [-0.25, -0.2) is 10.2 Å². The first-order valence-corrected chi connectivity index (χ1v) is 5.23. The molecule has 0 bridgehead atoms. The van der Waals surface area contributed by atoms with Crippen LogP contribution in [0.3, 0.4) is 0 Å². The lowest BCUT2D eigenvalue weighted by Gasteiger charge is -2.03. The summed E-state index contributed by atoms with van der Waals surface area (Å²) < 4.78 is 4.60.